The first-order chi connectivity index (χ1) is 14.8. The van der Waals surface area contributed by atoms with Crippen molar-refractivity contribution in [1.82, 2.24) is 16.0 Å². The summed E-state index contributed by atoms with van der Waals surface area (Å²) in [7, 11) is 1.60. The Morgan fingerprint density at radius 3 is 2.35 bits per heavy atom. The minimum absolute atomic E-state index is 0.104. The normalized spacial score (nSPS) is 13.0. The van der Waals surface area contributed by atoms with Gasteiger partial charge < -0.3 is 9.47 Å². The van der Waals surface area contributed by atoms with Gasteiger partial charge in [0.05, 0.1) is 6.61 Å². The van der Waals surface area contributed by atoms with Crippen LogP contribution in [0.3, 0.4) is 0 Å². The maximum absolute atomic E-state index is 13.4. The molecule has 174 valence electrons. The van der Waals surface area contributed by atoms with Gasteiger partial charge in [-0.15, -0.1) is 5.12 Å². The Bertz CT molecular complexity index is 687. The van der Waals surface area contributed by atoms with Gasteiger partial charge in [-0.1, -0.05) is 44.2 Å². The maximum Gasteiger partial charge on any atom is 0.423 e. The summed E-state index contributed by atoms with van der Waals surface area (Å²) in [4.78, 5) is 38.2. The molecule has 1 aromatic rings. The zero-order valence-electron chi connectivity index (χ0n) is 19.1. The highest BCUT2D eigenvalue weighted by Gasteiger charge is 2.37. The highest BCUT2D eigenvalue weighted by atomic mass is 32.2. The Balaban J connectivity index is 2.93. The average molecular weight is 454 g/mol. The van der Waals surface area contributed by atoms with Crippen molar-refractivity contribution in [3.05, 3.63) is 35.9 Å². The average Bonchev–Trinajstić information content (AvgIpc) is 2.75. The lowest BCUT2D eigenvalue weighted by Gasteiger charge is -2.31. The fourth-order valence-electron chi connectivity index (χ4n) is 3.05. The maximum atomic E-state index is 13.4. The second-order valence-corrected chi connectivity index (χ2v) is 8.39. The largest absolute Gasteiger partial charge is 0.465 e. The zero-order valence-corrected chi connectivity index (χ0v) is 19.9. The molecule has 1 aromatic carbocycles. The number of amides is 1. The third kappa shape index (κ3) is 9.71. The number of carbonyl (C=O) groups excluding carboxylic acids is 3. The van der Waals surface area contributed by atoms with E-state index >= 15 is 0 Å². The number of benzene rings is 1. The van der Waals surface area contributed by atoms with Crippen molar-refractivity contribution in [2.45, 2.75) is 46.3 Å². The van der Waals surface area contributed by atoms with Crippen LogP contribution in [0.2, 0.25) is 0 Å². The van der Waals surface area contributed by atoms with E-state index in [0.717, 1.165) is 5.56 Å². The summed E-state index contributed by atoms with van der Waals surface area (Å²) in [5.41, 5.74) is 6.27. The minimum atomic E-state index is -0.898. The molecule has 0 spiro atoms. The molecule has 9 heteroatoms. The van der Waals surface area contributed by atoms with Gasteiger partial charge in [-0.25, -0.2) is 15.6 Å². The van der Waals surface area contributed by atoms with E-state index < -0.39 is 24.0 Å². The van der Waals surface area contributed by atoms with Gasteiger partial charge in [0.15, 0.2) is 5.78 Å². The molecule has 8 nitrogen and oxygen atoms in total. The Kier molecular flexibility index (Phi) is 12.9. The predicted octanol–water partition coefficient (Wildman–Crippen LogP) is 3.18. The molecule has 1 amide bonds. The quantitative estimate of drug-likeness (QED) is 0.252. The third-order valence-electron chi connectivity index (χ3n) is 4.52. The Hall–Kier alpha value is -2.10. The molecule has 31 heavy (non-hydrogen) atoms. The number of nitrogens with zero attached hydrogens (tertiary/aromatic N) is 1. The number of esters is 1. The third-order valence-corrected chi connectivity index (χ3v) is 5.17. The molecule has 0 bridgehead atoms. The summed E-state index contributed by atoms with van der Waals surface area (Å²) in [6.07, 6.45) is 2.05. The van der Waals surface area contributed by atoms with Crippen LogP contribution in [0.1, 0.15) is 39.2 Å². The first-order valence-corrected chi connectivity index (χ1v) is 11.9. The molecule has 0 saturated heterocycles. The highest BCUT2D eigenvalue weighted by Crippen LogP contribution is 2.20. The Labute approximate surface area is 189 Å². The number of ether oxygens (including phenoxy) is 2. The van der Waals surface area contributed by atoms with E-state index in [1.807, 2.05) is 50.4 Å². The van der Waals surface area contributed by atoms with Crippen LogP contribution in [0.5, 0.6) is 0 Å². The van der Waals surface area contributed by atoms with Crippen LogP contribution in [0.25, 0.3) is 0 Å². The van der Waals surface area contributed by atoms with Crippen LogP contribution in [-0.4, -0.2) is 54.7 Å². The number of ketones is 1. The van der Waals surface area contributed by atoms with E-state index in [2.05, 4.69) is 10.9 Å². The second-order valence-electron chi connectivity index (χ2n) is 7.40. The van der Waals surface area contributed by atoms with Gasteiger partial charge in [0.2, 0.25) is 0 Å². The molecule has 0 aromatic heterocycles. The molecule has 2 atom stereocenters. The van der Waals surface area contributed by atoms with E-state index in [4.69, 9.17) is 9.47 Å². The lowest BCUT2D eigenvalue weighted by molar-refractivity contribution is -0.154. The molecule has 2 unspecified atom stereocenters. The topological polar surface area (TPSA) is 97.0 Å². The Morgan fingerprint density at radius 2 is 1.81 bits per heavy atom. The van der Waals surface area contributed by atoms with Crippen LogP contribution in [0.15, 0.2) is 30.3 Å². The van der Waals surface area contributed by atoms with Gasteiger partial charge >= 0.3 is 12.1 Å². The summed E-state index contributed by atoms with van der Waals surface area (Å²) in [5, 5.41) is 1.32. The number of carbonyl (C=O) groups is 3. The van der Waals surface area contributed by atoms with E-state index in [0.29, 0.717) is 18.6 Å². The van der Waals surface area contributed by atoms with Crippen LogP contribution >= 0.6 is 11.8 Å². The van der Waals surface area contributed by atoms with Crippen molar-refractivity contribution < 1.29 is 23.9 Å². The molecule has 0 aliphatic carbocycles. The SMILES string of the molecule is CCOC(=O)C(CC(C)C)C(=O)C(CCSC)N(NC)NC(=O)OCc1ccccc1. The molecule has 0 saturated carbocycles. The lowest BCUT2D eigenvalue weighted by atomic mass is 9.89. The minimum Gasteiger partial charge on any atom is -0.465 e. The molecule has 0 aliphatic heterocycles. The van der Waals surface area contributed by atoms with E-state index in [9.17, 15) is 14.4 Å². The summed E-state index contributed by atoms with van der Waals surface area (Å²) in [6, 6.07) is 8.55. The predicted molar refractivity (Wildman–Crippen MR) is 122 cm³/mol. The number of hydrazine groups is 2. The lowest BCUT2D eigenvalue weighted by Crippen LogP contribution is -2.59. The monoisotopic (exact) mass is 453 g/mol. The van der Waals surface area contributed by atoms with Gasteiger partial charge in [-0.2, -0.15) is 11.8 Å². The van der Waals surface area contributed by atoms with E-state index in [1.54, 1.807) is 25.7 Å². The summed E-state index contributed by atoms with van der Waals surface area (Å²) < 4.78 is 10.4. The standard InChI is InChI=1S/C22H35N3O5S/c1-6-29-21(27)18(14-16(2)3)20(26)19(12-13-31-5)25(23-4)24-22(28)30-15-17-10-8-7-9-11-17/h7-11,16,18-19,23H,6,12-15H2,1-5H3,(H,24,28). The van der Waals surface area contributed by atoms with Crippen molar-refractivity contribution in [3.63, 3.8) is 0 Å². The van der Waals surface area contributed by atoms with Crippen molar-refractivity contribution in [3.8, 4) is 0 Å². The molecular weight excluding hydrogens is 418 g/mol. The number of Topliss-reactive ketones (excluding diaryl/α,β-unsaturated/α-hetero) is 1. The first kappa shape index (κ1) is 26.9. The zero-order chi connectivity index (χ0) is 23.2. The van der Waals surface area contributed by atoms with Crippen LogP contribution in [-0.2, 0) is 25.7 Å². The molecule has 2 N–H and O–H groups in total. The number of nitrogens with one attached hydrogen (secondary N) is 2. The van der Waals surface area contributed by atoms with Crippen molar-refractivity contribution in [1.29, 1.82) is 0 Å². The summed E-state index contributed by atoms with van der Waals surface area (Å²) in [5.74, 6) is -0.917. The van der Waals surface area contributed by atoms with Crippen LogP contribution in [0, 0.1) is 11.8 Å². The highest BCUT2D eigenvalue weighted by molar-refractivity contribution is 7.98. The van der Waals surface area contributed by atoms with Gasteiger partial charge in [-0.05, 0) is 43.3 Å². The number of hydrogen-bond acceptors (Lipinski definition) is 8. The number of hydrogen-bond donors (Lipinski definition) is 2. The summed E-state index contributed by atoms with van der Waals surface area (Å²) >= 11 is 1.58. The number of thioether (sulfide) groups is 1. The number of rotatable bonds is 14. The van der Waals surface area contributed by atoms with Gasteiger partial charge in [0.1, 0.15) is 18.6 Å². The van der Waals surface area contributed by atoms with Crippen molar-refractivity contribution in [2.24, 2.45) is 11.8 Å². The smallest absolute Gasteiger partial charge is 0.423 e. The Morgan fingerprint density at radius 1 is 1.13 bits per heavy atom. The first-order valence-electron chi connectivity index (χ1n) is 10.5. The van der Waals surface area contributed by atoms with Crippen LogP contribution in [0.4, 0.5) is 4.79 Å². The van der Waals surface area contributed by atoms with Gasteiger partial charge in [0.25, 0.3) is 0 Å². The van der Waals surface area contributed by atoms with E-state index in [-0.39, 0.29) is 24.9 Å². The molecular formula is C22H35N3O5S. The molecule has 0 fully saturated rings. The molecule has 1 rings (SSSR count). The molecule has 0 aliphatic rings. The van der Waals surface area contributed by atoms with Crippen molar-refractivity contribution in [2.75, 3.05) is 25.7 Å². The van der Waals surface area contributed by atoms with Gasteiger partial charge in [0, 0.05) is 7.05 Å². The second kappa shape index (κ2) is 14.8. The fourth-order valence-corrected chi connectivity index (χ4v) is 3.51. The molecule has 0 radical (unpaired) electrons. The van der Waals surface area contributed by atoms with Gasteiger partial charge in [-0.3, -0.25) is 9.59 Å². The fraction of sp³-hybridized carbons (Fsp3) is 0.591. The molecule has 0 heterocycles. The van der Waals surface area contributed by atoms with Crippen LogP contribution < -0.4 is 10.9 Å². The van der Waals surface area contributed by atoms with E-state index in [1.165, 1.54) is 5.12 Å². The summed E-state index contributed by atoms with van der Waals surface area (Å²) in [6.45, 7) is 5.92. The van der Waals surface area contributed by atoms with Crippen molar-refractivity contribution >= 4 is 29.6 Å².